The van der Waals surface area contributed by atoms with E-state index in [0.717, 1.165) is 11.1 Å². The summed E-state index contributed by atoms with van der Waals surface area (Å²) in [6.45, 7) is 2.96. The largest absolute Gasteiger partial charge is 0.493 e. The van der Waals surface area contributed by atoms with Gasteiger partial charge < -0.3 is 14.8 Å². The lowest BCUT2D eigenvalue weighted by molar-refractivity contribution is -0.384. The molecular weight excluding hydrogens is 424 g/mol. The maximum atomic E-state index is 12.0. The normalized spacial score (nSPS) is 15.3. The monoisotopic (exact) mass is 444 g/mol. The zero-order valence-electron chi connectivity index (χ0n) is 17.0. The van der Waals surface area contributed by atoms with Crippen LogP contribution in [0.25, 0.3) is 0 Å². The molecule has 0 saturated carbocycles. The van der Waals surface area contributed by atoms with Crippen LogP contribution < -0.4 is 14.8 Å². The first kappa shape index (κ1) is 22.1. The smallest absolute Gasteiger partial charge is 0.269 e. The van der Waals surface area contributed by atoms with Crippen LogP contribution in [0.5, 0.6) is 11.5 Å². The van der Waals surface area contributed by atoms with Crippen LogP contribution in [-0.2, 0) is 16.2 Å². The molecule has 10 nitrogen and oxygen atoms in total. The van der Waals surface area contributed by atoms with Gasteiger partial charge in [0, 0.05) is 26.0 Å². The summed E-state index contributed by atoms with van der Waals surface area (Å²) in [4.78, 5) is 33.6. The second kappa shape index (κ2) is 9.47. The lowest BCUT2D eigenvalue weighted by Crippen LogP contribution is -2.25. The van der Waals surface area contributed by atoms with Crippen LogP contribution in [0.15, 0.2) is 47.6 Å². The van der Waals surface area contributed by atoms with Gasteiger partial charge in [0.25, 0.3) is 5.69 Å². The van der Waals surface area contributed by atoms with Gasteiger partial charge in [-0.15, -0.1) is 5.10 Å². The number of thioether (sulfide) groups is 1. The molecule has 0 saturated heterocycles. The minimum atomic E-state index is -0.461. The number of amidine groups is 1. The Bertz CT molecular complexity index is 1040. The molecule has 0 fully saturated rings. The molecule has 11 heteroatoms. The first-order chi connectivity index (χ1) is 14.8. The van der Waals surface area contributed by atoms with E-state index < -0.39 is 10.3 Å². The van der Waals surface area contributed by atoms with Crippen LogP contribution >= 0.6 is 11.8 Å². The summed E-state index contributed by atoms with van der Waals surface area (Å²) in [6.07, 6.45) is 0. The molecule has 0 aliphatic carbocycles. The van der Waals surface area contributed by atoms with E-state index >= 15 is 0 Å². The fourth-order valence-electron chi connectivity index (χ4n) is 2.81. The van der Waals surface area contributed by atoms with Crippen molar-refractivity contribution < 1.29 is 24.0 Å². The Morgan fingerprint density at radius 2 is 1.90 bits per heavy atom. The molecule has 0 aromatic heterocycles. The van der Waals surface area contributed by atoms with E-state index in [2.05, 4.69) is 10.4 Å². The highest BCUT2D eigenvalue weighted by Crippen LogP contribution is 2.41. The van der Waals surface area contributed by atoms with Crippen molar-refractivity contribution in [3.8, 4) is 11.5 Å². The van der Waals surface area contributed by atoms with E-state index in [9.17, 15) is 19.7 Å². The fourth-order valence-corrected chi connectivity index (χ4v) is 3.94. The van der Waals surface area contributed by atoms with Crippen molar-refractivity contribution >= 4 is 34.4 Å². The Labute approximate surface area is 182 Å². The second-order valence-electron chi connectivity index (χ2n) is 6.54. The summed E-state index contributed by atoms with van der Waals surface area (Å²) in [7, 11) is 1.50. The maximum absolute atomic E-state index is 12.0. The van der Waals surface area contributed by atoms with Crippen LogP contribution in [-0.4, -0.2) is 34.0 Å². The summed E-state index contributed by atoms with van der Waals surface area (Å²) in [5, 5.41) is 18.7. The number of methoxy groups -OCH3 is 1. The average molecular weight is 444 g/mol. The summed E-state index contributed by atoms with van der Waals surface area (Å²) in [6, 6.07) is 11.3. The molecule has 2 aromatic carbocycles. The lowest BCUT2D eigenvalue weighted by atomic mass is 10.2. The first-order valence-corrected chi connectivity index (χ1v) is 10.0. The Kier molecular flexibility index (Phi) is 6.75. The Balaban J connectivity index is 1.75. The quantitative estimate of drug-likeness (QED) is 0.536. The van der Waals surface area contributed by atoms with Gasteiger partial charge >= 0.3 is 0 Å². The predicted molar refractivity (Wildman–Crippen MR) is 115 cm³/mol. The number of ether oxygens (including phenoxy) is 2. The molecule has 1 aliphatic rings. The summed E-state index contributed by atoms with van der Waals surface area (Å²) < 4.78 is 11.2. The van der Waals surface area contributed by atoms with Crippen molar-refractivity contribution in [2.75, 3.05) is 7.11 Å². The molecule has 31 heavy (non-hydrogen) atoms. The molecule has 1 heterocycles. The molecular formula is C20H20N4O6S. The third-order valence-corrected chi connectivity index (χ3v) is 5.37. The summed E-state index contributed by atoms with van der Waals surface area (Å²) in [5.74, 6) is 0.389. The molecule has 1 atom stereocenters. The third-order valence-electron chi connectivity index (χ3n) is 4.26. The maximum Gasteiger partial charge on any atom is 0.269 e. The number of amides is 2. The highest BCUT2D eigenvalue weighted by atomic mass is 32.2. The highest BCUT2D eigenvalue weighted by molar-refractivity contribution is 8.14. The van der Waals surface area contributed by atoms with Crippen molar-refractivity contribution in [2.45, 2.75) is 25.8 Å². The zero-order valence-corrected chi connectivity index (χ0v) is 17.8. The van der Waals surface area contributed by atoms with Crippen molar-refractivity contribution in [3.63, 3.8) is 0 Å². The van der Waals surface area contributed by atoms with E-state index in [1.54, 1.807) is 30.3 Å². The van der Waals surface area contributed by atoms with Gasteiger partial charge in [-0.1, -0.05) is 17.8 Å². The Morgan fingerprint density at radius 3 is 2.48 bits per heavy atom. The number of nitro groups is 1. The van der Waals surface area contributed by atoms with Gasteiger partial charge in [0.2, 0.25) is 11.8 Å². The number of carbonyl (C=O) groups is 2. The summed E-state index contributed by atoms with van der Waals surface area (Å²) >= 11 is 1.24. The van der Waals surface area contributed by atoms with Crippen LogP contribution in [0.1, 0.15) is 30.3 Å². The van der Waals surface area contributed by atoms with E-state index in [-0.39, 0.29) is 24.1 Å². The molecule has 1 N–H and O–H groups in total. The fraction of sp³-hybridized carbons (Fsp3) is 0.250. The highest BCUT2D eigenvalue weighted by Gasteiger charge is 2.32. The van der Waals surface area contributed by atoms with Gasteiger partial charge in [0.1, 0.15) is 12.0 Å². The van der Waals surface area contributed by atoms with Gasteiger partial charge in [-0.05, 0) is 35.4 Å². The number of nitrogens with one attached hydrogen (secondary N) is 1. The zero-order chi connectivity index (χ0) is 22.5. The summed E-state index contributed by atoms with van der Waals surface area (Å²) in [5.41, 5.74) is 1.51. The topological polar surface area (TPSA) is 123 Å². The van der Waals surface area contributed by atoms with Crippen LogP contribution in [0.2, 0.25) is 0 Å². The number of hydrogen-bond donors (Lipinski definition) is 1. The number of nitro benzene ring substituents is 1. The standard InChI is InChI=1S/C20H20N4O6S/c1-12(25)21-20-22-23(13(2)26)19(31-20)15-6-9-17(18(10-15)29-3)30-11-14-4-7-16(8-5-14)24(27)28/h4-10,19H,11H2,1-3H3,(H,21,22,25)/t19-/m0/s1. The number of hydrazone groups is 1. The lowest BCUT2D eigenvalue weighted by Gasteiger charge is -2.20. The van der Waals surface area contributed by atoms with E-state index in [0.29, 0.717) is 16.7 Å². The number of nitrogens with zero attached hydrogens (tertiary/aromatic N) is 3. The third kappa shape index (κ3) is 5.31. The Hall–Kier alpha value is -3.60. The van der Waals surface area contributed by atoms with Crippen molar-refractivity contribution in [3.05, 3.63) is 63.7 Å². The number of carbonyl (C=O) groups excluding carboxylic acids is 2. The molecule has 0 radical (unpaired) electrons. The number of benzene rings is 2. The predicted octanol–water partition coefficient (Wildman–Crippen LogP) is 3.18. The van der Waals surface area contributed by atoms with Gasteiger partial charge in [-0.2, -0.15) is 0 Å². The van der Waals surface area contributed by atoms with Crippen LogP contribution in [0.4, 0.5) is 5.69 Å². The Morgan fingerprint density at radius 1 is 1.19 bits per heavy atom. The molecule has 2 aromatic rings. The van der Waals surface area contributed by atoms with Gasteiger partial charge in [-0.25, -0.2) is 5.01 Å². The van der Waals surface area contributed by atoms with Gasteiger partial charge in [-0.3, -0.25) is 19.7 Å². The van der Waals surface area contributed by atoms with Crippen molar-refractivity contribution in [1.82, 2.24) is 10.3 Å². The van der Waals surface area contributed by atoms with Crippen molar-refractivity contribution in [1.29, 1.82) is 0 Å². The van der Waals surface area contributed by atoms with Crippen LogP contribution in [0.3, 0.4) is 0 Å². The molecule has 1 aliphatic heterocycles. The molecule has 3 rings (SSSR count). The number of rotatable bonds is 6. The molecule has 0 bridgehead atoms. The SMILES string of the molecule is COc1cc([C@@H]2SC(NC(C)=O)=NN2C(C)=O)ccc1OCc1ccc([N+](=O)[O-])cc1. The van der Waals surface area contributed by atoms with E-state index in [4.69, 9.17) is 9.47 Å². The van der Waals surface area contributed by atoms with Crippen molar-refractivity contribution in [2.24, 2.45) is 5.10 Å². The van der Waals surface area contributed by atoms with E-state index in [1.165, 1.54) is 49.9 Å². The van der Waals surface area contributed by atoms with Gasteiger partial charge in [0.05, 0.1) is 12.0 Å². The molecule has 0 unspecified atom stereocenters. The molecule has 2 amide bonds. The first-order valence-electron chi connectivity index (χ1n) is 9.15. The van der Waals surface area contributed by atoms with Crippen LogP contribution in [0, 0.1) is 10.1 Å². The minimum absolute atomic E-state index is 0.00984. The number of non-ortho nitro benzene ring substituents is 1. The minimum Gasteiger partial charge on any atom is -0.493 e. The molecule has 162 valence electrons. The second-order valence-corrected chi connectivity index (χ2v) is 7.61. The average Bonchev–Trinajstić information content (AvgIpc) is 3.15. The van der Waals surface area contributed by atoms with Gasteiger partial charge in [0.15, 0.2) is 16.7 Å². The number of hydrogen-bond acceptors (Lipinski definition) is 8. The molecule has 0 spiro atoms. The van der Waals surface area contributed by atoms with E-state index in [1.807, 2.05) is 0 Å².